The summed E-state index contributed by atoms with van der Waals surface area (Å²) in [5.74, 6) is -1.08. The second-order valence-corrected chi connectivity index (χ2v) is 6.62. The quantitative estimate of drug-likeness (QED) is 0.920. The number of nitrogens with one attached hydrogen (secondary N) is 1. The molecule has 0 aromatic heterocycles. The van der Waals surface area contributed by atoms with Crippen LogP contribution in [0.15, 0.2) is 24.3 Å². The first-order valence-electron chi connectivity index (χ1n) is 7.39. The lowest BCUT2D eigenvalue weighted by Crippen LogP contribution is -2.49. The minimum Gasteiger partial charge on any atom is -0.550 e. The van der Waals surface area contributed by atoms with Crippen molar-refractivity contribution in [3.05, 3.63) is 24.3 Å². The van der Waals surface area contributed by atoms with E-state index in [0.29, 0.717) is 24.3 Å². The summed E-state index contributed by atoms with van der Waals surface area (Å²) in [6.45, 7) is 5.31. The molecule has 1 amide bonds. The molecule has 0 saturated heterocycles. The number of carboxylic acid groups (broad SMARTS) is 1. The van der Waals surface area contributed by atoms with Crippen LogP contribution in [-0.4, -0.2) is 19.0 Å². The van der Waals surface area contributed by atoms with Crippen molar-refractivity contribution in [2.24, 2.45) is 16.7 Å². The van der Waals surface area contributed by atoms with Gasteiger partial charge in [0.1, 0.15) is 5.75 Å². The summed E-state index contributed by atoms with van der Waals surface area (Å²) in [5.41, 5.74) is -1.10. The van der Waals surface area contributed by atoms with Crippen molar-refractivity contribution in [2.45, 2.75) is 33.6 Å². The molecule has 5 heteroatoms. The molecular weight excluding hydrogens is 282 g/mol. The minimum atomic E-state index is -1.09. The van der Waals surface area contributed by atoms with E-state index in [1.165, 1.54) is 7.11 Å². The average Bonchev–Trinajstić information content (AvgIpc) is 2.71. The Hall–Kier alpha value is -2.04. The third-order valence-corrected chi connectivity index (χ3v) is 5.36. The number of hydrogen-bond acceptors (Lipinski definition) is 4. The molecule has 1 aromatic rings. The van der Waals surface area contributed by atoms with Gasteiger partial charge in [0.2, 0.25) is 5.91 Å². The summed E-state index contributed by atoms with van der Waals surface area (Å²) in [7, 11) is 1.54. The molecule has 1 saturated carbocycles. The first kappa shape index (κ1) is 16.3. The van der Waals surface area contributed by atoms with Crippen molar-refractivity contribution in [2.75, 3.05) is 12.4 Å². The second kappa shape index (κ2) is 5.63. The van der Waals surface area contributed by atoms with Crippen LogP contribution in [0.3, 0.4) is 0 Å². The van der Waals surface area contributed by atoms with Gasteiger partial charge in [0.05, 0.1) is 12.8 Å². The van der Waals surface area contributed by atoms with E-state index in [-0.39, 0.29) is 11.8 Å². The number of carbonyl (C=O) groups excluding carboxylic acids is 2. The van der Waals surface area contributed by atoms with Crippen molar-refractivity contribution >= 4 is 17.6 Å². The first-order valence-corrected chi connectivity index (χ1v) is 7.39. The van der Waals surface area contributed by atoms with E-state index in [1.54, 1.807) is 19.1 Å². The fourth-order valence-electron chi connectivity index (χ4n) is 3.29. The van der Waals surface area contributed by atoms with E-state index in [9.17, 15) is 14.7 Å². The fourth-order valence-corrected chi connectivity index (χ4v) is 3.29. The Bertz CT molecular complexity index is 596. The van der Waals surface area contributed by atoms with Gasteiger partial charge in [0.25, 0.3) is 0 Å². The molecule has 0 heterocycles. The van der Waals surface area contributed by atoms with Crippen molar-refractivity contribution in [3.8, 4) is 5.75 Å². The molecule has 2 atom stereocenters. The van der Waals surface area contributed by atoms with Gasteiger partial charge in [-0.2, -0.15) is 0 Å². The number of carbonyl (C=O) groups is 2. The van der Waals surface area contributed by atoms with Gasteiger partial charge in [-0.3, -0.25) is 4.79 Å². The highest BCUT2D eigenvalue weighted by Crippen LogP contribution is 2.55. The Morgan fingerprint density at radius 1 is 1.27 bits per heavy atom. The van der Waals surface area contributed by atoms with E-state index in [2.05, 4.69) is 5.32 Å². The summed E-state index contributed by atoms with van der Waals surface area (Å²) in [4.78, 5) is 24.1. The summed E-state index contributed by atoms with van der Waals surface area (Å²) < 4.78 is 5.22. The van der Waals surface area contributed by atoms with Crippen LogP contribution in [0, 0.1) is 16.7 Å². The zero-order chi connectivity index (χ0) is 16.5. The average molecular weight is 304 g/mol. The molecule has 1 aliphatic carbocycles. The Morgan fingerprint density at radius 3 is 2.45 bits per heavy atom. The predicted octanol–water partition coefficient (Wildman–Crippen LogP) is 1.83. The largest absolute Gasteiger partial charge is 0.550 e. The highest BCUT2D eigenvalue weighted by Gasteiger charge is 2.54. The molecule has 1 N–H and O–H groups in total. The molecule has 120 valence electrons. The number of hydrogen-bond donors (Lipinski definition) is 1. The van der Waals surface area contributed by atoms with Gasteiger partial charge in [-0.15, -0.1) is 0 Å². The monoisotopic (exact) mass is 304 g/mol. The molecule has 1 aromatic carbocycles. The zero-order valence-electron chi connectivity index (χ0n) is 13.4. The molecule has 5 nitrogen and oxygen atoms in total. The normalized spacial score (nSPS) is 26.5. The van der Waals surface area contributed by atoms with Gasteiger partial charge >= 0.3 is 0 Å². The van der Waals surface area contributed by atoms with Crippen LogP contribution in [0.25, 0.3) is 0 Å². The van der Waals surface area contributed by atoms with Crippen molar-refractivity contribution in [1.82, 2.24) is 0 Å². The van der Waals surface area contributed by atoms with Crippen molar-refractivity contribution in [3.63, 3.8) is 0 Å². The highest BCUT2D eigenvalue weighted by molar-refractivity contribution is 5.95. The summed E-state index contributed by atoms with van der Waals surface area (Å²) >= 11 is 0. The summed E-state index contributed by atoms with van der Waals surface area (Å²) in [6, 6.07) is 7.15. The van der Waals surface area contributed by atoms with Crippen LogP contribution in [0.1, 0.15) is 33.6 Å². The number of ether oxygens (including phenoxy) is 1. The number of carboxylic acids is 1. The Labute approximate surface area is 130 Å². The SMILES string of the molecule is COc1ccccc1NC(=O)C1CCC(C)(C(=O)[O-])C1(C)C. The molecule has 2 rings (SSSR count). The van der Waals surface area contributed by atoms with Crippen LogP contribution in [0.5, 0.6) is 5.75 Å². The van der Waals surface area contributed by atoms with Gasteiger partial charge < -0.3 is 20.0 Å². The van der Waals surface area contributed by atoms with E-state index in [4.69, 9.17) is 4.74 Å². The maximum absolute atomic E-state index is 12.6. The zero-order valence-corrected chi connectivity index (χ0v) is 13.4. The molecule has 1 fully saturated rings. The van der Waals surface area contributed by atoms with Crippen LogP contribution >= 0.6 is 0 Å². The molecule has 0 aliphatic heterocycles. The van der Waals surface area contributed by atoms with Gasteiger partial charge in [-0.1, -0.05) is 32.9 Å². The Balaban J connectivity index is 2.22. The third-order valence-electron chi connectivity index (χ3n) is 5.36. The van der Waals surface area contributed by atoms with Crippen LogP contribution < -0.4 is 15.2 Å². The number of para-hydroxylation sites is 2. The Kier molecular flexibility index (Phi) is 4.18. The number of methoxy groups -OCH3 is 1. The maximum Gasteiger partial charge on any atom is 0.228 e. The van der Waals surface area contributed by atoms with Crippen molar-refractivity contribution in [1.29, 1.82) is 0 Å². The van der Waals surface area contributed by atoms with Crippen LogP contribution in [0.4, 0.5) is 5.69 Å². The van der Waals surface area contributed by atoms with Crippen LogP contribution in [-0.2, 0) is 9.59 Å². The van der Waals surface area contributed by atoms with E-state index >= 15 is 0 Å². The number of anilines is 1. The van der Waals surface area contributed by atoms with Gasteiger partial charge in [-0.05, 0) is 30.4 Å². The summed E-state index contributed by atoms with van der Waals surface area (Å²) in [5, 5.41) is 14.4. The van der Waals surface area contributed by atoms with E-state index < -0.39 is 16.8 Å². The Morgan fingerprint density at radius 2 is 1.91 bits per heavy atom. The second-order valence-electron chi connectivity index (χ2n) is 6.62. The standard InChI is InChI=1S/C17H23NO4/c1-16(2)11(9-10-17(16,3)15(20)21)14(19)18-12-7-5-6-8-13(12)22-4/h5-8,11H,9-10H2,1-4H3,(H,18,19)(H,20,21)/p-1. The van der Waals surface area contributed by atoms with Gasteiger partial charge in [0, 0.05) is 17.3 Å². The van der Waals surface area contributed by atoms with E-state index in [0.717, 1.165) is 0 Å². The lowest BCUT2D eigenvalue weighted by molar-refractivity contribution is -0.323. The van der Waals surface area contributed by atoms with Gasteiger partial charge in [-0.25, -0.2) is 0 Å². The minimum absolute atomic E-state index is 0.181. The van der Waals surface area contributed by atoms with E-state index in [1.807, 2.05) is 26.0 Å². The number of aliphatic carboxylic acids is 1. The third kappa shape index (κ3) is 2.45. The fraction of sp³-hybridized carbons (Fsp3) is 0.529. The molecule has 0 bridgehead atoms. The number of benzene rings is 1. The molecule has 1 aliphatic rings. The number of amides is 1. The lowest BCUT2D eigenvalue weighted by atomic mass is 9.65. The smallest absolute Gasteiger partial charge is 0.228 e. The molecule has 0 spiro atoms. The van der Waals surface area contributed by atoms with Crippen LogP contribution in [0.2, 0.25) is 0 Å². The maximum atomic E-state index is 12.6. The topological polar surface area (TPSA) is 78.5 Å². The lowest BCUT2D eigenvalue weighted by Gasteiger charge is -2.41. The van der Waals surface area contributed by atoms with Crippen molar-refractivity contribution < 1.29 is 19.4 Å². The summed E-state index contributed by atoms with van der Waals surface area (Å²) in [6.07, 6.45) is 0.963. The molecule has 2 unspecified atom stereocenters. The first-order chi connectivity index (χ1) is 10.2. The highest BCUT2D eigenvalue weighted by atomic mass is 16.5. The molecule has 22 heavy (non-hydrogen) atoms. The van der Waals surface area contributed by atoms with Gasteiger partial charge in [0.15, 0.2) is 0 Å². The molecular formula is C17H22NO4-. The number of rotatable bonds is 4. The predicted molar refractivity (Wildman–Crippen MR) is 81.2 cm³/mol. The molecule has 0 radical (unpaired) electrons.